The molecule has 0 atom stereocenters. The fraction of sp³-hybridized carbons (Fsp3) is 0. The Labute approximate surface area is 135 Å². The van der Waals surface area contributed by atoms with Gasteiger partial charge in [-0.15, -0.1) is 0 Å². The van der Waals surface area contributed by atoms with Gasteiger partial charge >= 0.3 is 0 Å². The lowest BCUT2D eigenvalue weighted by atomic mass is 9.99. The van der Waals surface area contributed by atoms with Crippen LogP contribution in [0.2, 0.25) is 0 Å². The molecule has 0 amide bonds. The molecule has 0 saturated carbocycles. The molecule has 1 heteroatoms. The van der Waals surface area contributed by atoms with Crippen LogP contribution in [0.25, 0.3) is 33.7 Å². The normalized spacial score (nSPS) is 11.5. The van der Waals surface area contributed by atoms with Crippen molar-refractivity contribution in [2.75, 3.05) is 5.73 Å². The van der Waals surface area contributed by atoms with Gasteiger partial charge < -0.3 is 5.73 Å². The molecule has 0 bridgehead atoms. The molecule has 0 aliphatic heterocycles. The highest BCUT2D eigenvalue weighted by atomic mass is 14.5. The first kappa shape index (κ1) is 13.6. The smallest absolute Gasteiger partial charge is 0.0314 e. The van der Waals surface area contributed by atoms with Crippen molar-refractivity contribution < 1.29 is 0 Å². The second kappa shape index (κ2) is 5.62. The van der Waals surface area contributed by atoms with E-state index in [2.05, 4.69) is 66.7 Å². The number of benzene rings is 4. The van der Waals surface area contributed by atoms with Crippen LogP contribution in [0.15, 0.2) is 78.9 Å². The summed E-state index contributed by atoms with van der Waals surface area (Å²) in [5.74, 6) is 0. The largest absolute Gasteiger partial charge is 0.399 e. The summed E-state index contributed by atoms with van der Waals surface area (Å²) in [4.78, 5) is 0. The molecule has 0 aliphatic carbocycles. The number of hydrogen-bond donors (Lipinski definition) is 1. The van der Waals surface area contributed by atoms with E-state index in [-0.39, 0.29) is 0 Å². The molecular formula is C22H17N. The topological polar surface area (TPSA) is 26.0 Å². The predicted octanol–water partition coefficient (Wildman–Crippen LogP) is 5.75. The van der Waals surface area contributed by atoms with Gasteiger partial charge in [0, 0.05) is 5.69 Å². The molecule has 0 fully saturated rings. The third-order valence-electron chi connectivity index (χ3n) is 4.17. The highest BCUT2D eigenvalue weighted by Crippen LogP contribution is 2.26. The van der Waals surface area contributed by atoms with E-state index in [1.807, 2.05) is 24.3 Å². The summed E-state index contributed by atoms with van der Waals surface area (Å²) in [6, 6.07) is 27.4. The first-order valence-corrected chi connectivity index (χ1v) is 7.75. The Kier molecular flexibility index (Phi) is 3.32. The van der Waals surface area contributed by atoms with Gasteiger partial charge in [0.05, 0.1) is 0 Å². The summed E-state index contributed by atoms with van der Waals surface area (Å²) >= 11 is 0. The summed E-state index contributed by atoms with van der Waals surface area (Å²) in [6.07, 6.45) is 4.30. The monoisotopic (exact) mass is 295 g/mol. The lowest BCUT2D eigenvalue weighted by Crippen LogP contribution is -1.83. The zero-order valence-electron chi connectivity index (χ0n) is 12.7. The molecule has 0 aliphatic rings. The van der Waals surface area contributed by atoms with Crippen LogP contribution < -0.4 is 5.73 Å². The van der Waals surface area contributed by atoms with Gasteiger partial charge in [-0.2, -0.15) is 0 Å². The summed E-state index contributed by atoms with van der Waals surface area (Å²) in [5.41, 5.74) is 8.90. The minimum Gasteiger partial charge on any atom is -0.399 e. The zero-order valence-corrected chi connectivity index (χ0v) is 12.7. The molecule has 0 heterocycles. The molecule has 4 aromatic rings. The van der Waals surface area contributed by atoms with Gasteiger partial charge in [0.15, 0.2) is 0 Å². The van der Waals surface area contributed by atoms with Crippen molar-refractivity contribution in [3.8, 4) is 0 Å². The summed E-state index contributed by atoms with van der Waals surface area (Å²) in [6.45, 7) is 0. The number of fused-ring (bicyclic) bond motifs is 2. The van der Waals surface area contributed by atoms with E-state index in [1.165, 1.54) is 27.1 Å². The average Bonchev–Trinajstić information content (AvgIpc) is 2.59. The van der Waals surface area contributed by atoms with E-state index in [0.717, 1.165) is 11.3 Å². The zero-order chi connectivity index (χ0) is 15.6. The number of anilines is 1. The van der Waals surface area contributed by atoms with Crippen molar-refractivity contribution in [1.29, 1.82) is 0 Å². The Hall–Kier alpha value is -3.06. The highest BCUT2D eigenvalue weighted by Gasteiger charge is 2.01. The van der Waals surface area contributed by atoms with E-state index in [0.29, 0.717) is 0 Å². The number of nitrogens with two attached hydrogens (primary N) is 1. The molecule has 0 spiro atoms. The molecule has 4 aromatic carbocycles. The maximum Gasteiger partial charge on any atom is 0.0314 e. The molecule has 4 rings (SSSR count). The molecule has 1 nitrogen and oxygen atoms in total. The van der Waals surface area contributed by atoms with Gasteiger partial charge in [-0.3, -0.25) is 0 Å². The Bertz CT molecular complexity index is 1010. The van der Waals surface area contributed by atoms with Gasteiger partial charge in [0.25, 0.3) is 0 Å². The molecule has 0 unspecified atom stereocenters. The second-order valence-electron chi connectivity index (χ2n) is 5.77. The van der Waals surface area contributed by atoms with Crippen LogP contribution in [-0.2, 0) is 0 Å². The lowest BCUT2D eigenvalue weighted by molar-refractivity contribution is 1.65. The number of hydrogen-bond acceptors (Lipinski definition) is 1. The molecular weight excluding hydrogens is 278 g/mol. The van der Waals surface area contributed by atoms with E-state index in [9.17, 15) is 0 Å². The minimum atomic E-state index is 0.791. The van der Waals surface area contributed by atoms with E-state index < -0.39 is 0 Å². The Morgan fingerprint density at radius 3 is 2.09 bits per heavy atom. The van der Waals surface area contributed by atoms with Crippen LogP contribution in [0.1, 0.15) is 11.1 Å². The van der Waals surface area contributed by atoms with Crippen LogP contribution in [0, 0.1) is 0 Å². The van der Waals surface area contributed by atoms with Gasteiger partial charge in [-0.05, 0) is 56.9 Å². The third-order valence-corrected chi connectivity index (χ3v) is 4.17. The van der Waals surface area contributed by atoms with Crippen LogP contribution >= 0.6 is 0 Å². The quantitative estimate of drug-likeness (QED) is 0.284. The summed E-state index contributed by atoms with van der Waals surface area (Å²) in [5, 5.41) is 5.09. The SMILES string of the molecule is Nc1ccc(C=Cc2cccc3cc4ccccc4cc23)cc1. The van der Waals surface area contributed by atoms with Crippen molar-refractivity contribution in [2.24, 2.45) is 0 Å². The number of nitrogen functional groups attached to an aromatic ring is 1. The first-order valence-electron chi connectivity index (χ1n) is 7.75. The standard InChI is InChI=1S/C22H17N/c23-21-12-9-16(10-13-21)8-11-17-6-3-7-20-14-18-4-1-2-5-19(18)15-22(17)20/h1-15H,23H2. The molecule has 23 heavy (non-hydrogen) atoms. The van der Waals surface area contributed by atoms with Crippen molar-refractivity contribution >= 4 is 39.4 Å². The summed E-state index contributed by atoms with van der Waals surface area (Å²) < 4.78 is 0. The molecule has 110 valence electrons. The average molecular weight is 295 g/mol. The van der Waals surface area contributed by atoms with Gasteiger partial charge in [-0.25, -0.2) is 0 Å². The van der Waals surface area contributed by atoms with Gasteiger partial charge in [0.1, 0.15) is 0 Å². The molecule has 2 N–H and O–H groups in total. The van der Waals surface area contributed by atoms with Crippen molar-refractivity contribution in [3.05, 3.63) is 90.0 Å². The highest BCUT2D eigenvalue weighted by molar-refractivity contribution is 6.02. The van der Waals surface area contributed by atoms with E-state index >= 15 is 0 Å². The fourth-order valence-electron chi connectivity index (χ4n) is 2.93. The minimum absolute atomic E-state index is 0.791. The van der Waals surface area contributed by atoms with Crippen LogP contribution in [0.5, 0.6) is 0 Å². The fourth-order valence-corrected chi connectivity index (χ4v) is 2.93. The molecule has 0 saturated heterocycles. The Morgan fingerprint density at radius 1 is 0.609 bits per heavy atom. The van der Waals surface area contributed by atoms with Crippen molar-refractivity contribution in [2.45, 2.75) is 0 Å². The van der Waals surface area contributed by atoms with Crippen LogP contribution in [-0.4, -0.2) is 0 Å². The predicted molar refractivity (Wildman–Crippen MR) is 101 cm³/mol. The maximum absolute atomic E-state index is 5.74. The van der Waals surface area contributed by atoms with Gasteiger partial charge in [-0.1, -0.05) is 66.7 Å². The summed E-state index contributed by atoms with van der Waals surface area (Å²) in [7, 11) is 0. The first-order chi connectivity index (χ1) is 11.3. The third kappa shape index (κ3) is 2.69. The Balaban J connectivity index is 1.82. The van der Waals surface area contributed by atoms with Crippen molar-refractivity contribution in [1.82, 2.24) is 0 Å². The molecule has 0 aromatic heterocycles. The number of rotatable bonds is 2. The van der Waals surface area contributed by atoms with E-state index in [1.54, 1.807) is 0 Å². The molecule has 0 radical (unpaired) electrons. The van der Waals surface area contributed by atoms with Gasteiger partial charge in [0.2, 0.25) is 0 Å². The van der Waals surface area contributed by atoms with Crippen molar-refractivity contribution in [3.63, 3.8) is 0 Å². The maximum atomic E-state index is 5.74. The van der Waals surface area contributed by atoms with E-state index in [4.69, 9.17) is 5.73 Å². The van der Waals surface area contributed by atoms with Crippen LogP contribution in [0.3, 0.4) is 0 Å². The second-order valence-corrected chi connectivity index (χ2v) is 5.77. The lowest BCUT2D eigenvalue weighted by Gasteiger charge is -2.05. The van der Waals surface area contributed by atoms with Crippen LogP contribution in [0.4, 0.5) is 5.69 Å². The Morgan fingerprint density at radius 2 is 1.30 bits per heavy atom.